The summed E-state index contributed by atoms with van der Waals surface area (Å²) in [6.45, 7) is 3.55. The summed E-state index contributed by atoms with van der Waals surface area (Å²) in [7, 11) is 0. The van der Waals surface area contributed by atoms with Gasteiger partial charge >= 0.3 is 6.09 Å². The second-order valence-electron chi connectivity index (χ2n) is 5.59. The third-order valence-corrected chi connectivity index (χ3v) is 3.66. The molecule has 0 radical (unpaired) electrons. The van der Waals surface area contributed by atoms with Crippen LogP contribution in [0, 0.1) is 17.1 Å². The summed E-state index contributed by atoms with van der Waals surface area (Å²) in [6.07, 6.45) is -0.511. The fourth-order valence-electron chi connectivity index (χ4n) is 2.56. The van der Waals surface area contributed by atoms with Crippen molar-refractivity contribution >= 4 is 11.8 Å². The number of ether oxygens (including phenoxy) is 1. The fourth-order valence-corrected chi connectivity index (χ4v) is 2.56. The first-order valence-corrected chi connectivity index (χ1v) is 6.75. The minimum Gasteiger partial charge on any atom is -0.438 e. The van der Waals surface area contributed by atoms with Crippen molar-refractivity contribution in [2.24, 2.45) is 0 Å². The summed E-state index contributed by atoms with van der Waals surface area (Å²) in [4.78, 5) is 11.5. The zero-order chi connectivity index (χ0) is 15.9. The molecule has 22 heavy (non-hydrogen) atoms. The van der Waals surface area contributed by atoms with Gasteiger partial charge in [0.05, 0.1) is 17.3 Å². The highest BCUT2D eigenvalue weighted by molar-refractivity contribution is 5.89. The fraction of sp³-hybridized carbons (Fsp3) is 0.176. The number of amides is 1. The van der Waals surface area contributed by atoms with Crippen molar-refractivity contribution in [3.8, 4) is 17.2 Å². The van der Waals surface area contributed by atoms with E-state index in [-0.39, 0.29) is 0 Å². The lowest BCUT2D eigenvalue weighted by molar-refractivity contribution is 0.0421. The second-order valence-corrected chi connectivity index (χ2v) is 5.59. The summed E-state index contributed by atoms with van der Waals surface area (Å²) in [5, 5.41) is 11.6. The number of hydrogen-bond donors (Lipinski definition) is 1. The number of carbonyl (C=O) groups excluding carboxylic acids is 1. The number of nitrogens with one attached hydrogen (secondary N) is 1. The van der Waals surface area contributed by atoms with E-state index in [4.69, 9.17) is 10.00 Å². The topological polar surface area (TPSA) is 62.1 Å². The molecule has 0 unspecified atom stereocenters. The molecular weight excluding hydrogens is 283 g/mol. The van der Waals surface area contributed by atoms with E-state index in [1.807, 2.05) is 6.07 Å². The highest BCUT2D eigenvalue weighted by Gasteiger charge is 2.33. The van der Waals surface area contributed by atoms with Crippen molar-refractivity contribution < 1.29 is 13.9 Å². The molecule has 0 aromatic heterocycles. The van der Waals surface area contributed by atoms with Crippen LogP contribution in [0.15, 0.2) is 36.4 Å². The Kier molecular flexibility index (Phi) is 3.10. The van der Waals surface area contributed by atoms with E-state index in [2.05, 4.69) is 5.32 Å². The standard InChI is InChI=1S/C17H13FN2O2/c1-17(2)13-8-11(4-6-15(13)20-16(21)22-17)12-7-10(9-19)3-5-14(12)18/h3-8H,1-2H3,(H,20,21). The maximum absolute atomic E-state index is 14.1. The van der Waals surface area contributed by atoms with E-state index in [9.17, 15) is 9.18 Å². The Labute approximate surface area is 127 Å². The number of anilines is 1. The van der Waals surface area contributed by atoms with Crippen LogP contribution in [0.25, 0.3) is 11.1 Å². The molecule has 2 aromatic carbocycles. The molecule has 1 N–H and O–H groups in total. The van der Waals surface area contributed by atoms with Gasteiger partial charge in [0.25, 0.3) is 0 Å². The Balaban J connectivity index is 2.16. The normalized spacial score (nSPS) is 15.3. The predicted octanol–water partition coefficient (Wildman–Crippen LogP) is 4.16. The van der Waals surface area contributed by atoms with Crippen LogP contribution in [0.5, 0.6) is 0 Å². The zero-order valence-corrected chi connectivity index (χ0v) is 12.1. The van der Waals surface area contributed by atoms with Crippen molar-refractivity contribution in [2.45, 2.75) is 19.4 Å². The predicted molar refractivity (Wildman–Crippen MR) is 79.7 cm³/mol. The summed E-state index contributed by atoms with van der Waals surface area (Å²) >= 11 is 0. The van der Waals surface area contributed by atoms with Crippen LogP contribution in [0.4, 0.5) is 14.9 Å². The first-order valence-electron chi connectivity index (χ1n) is 6.75. The molecule has 2 aromatic rings. The van der Waals surface area contributed by atoms with E-state index < -0.39 is 17.5 Å². The smallest absolute Gasteiger partial charge is 0.412 e. The molecular formula is C17H13FN2O2. The molecule has 4 nitrogen and oxygen atoms in total. The Hall–Kier alpha value is -2.87. The summed E-state index contributed by atoms with van der Waals surface area (Å²) in [5.41, 5.74) is 1.94. The summed E-state index contributed by atoms with van der Waals surface area (Å²) in [5.74, 6) is -0.405. The third kappa shape index (κ3) is 2.29. The Bertz CT molecular complexity index is 822. The van der Waals surface area contributed by atoms with Crippen LogP contribution < -0.4 is 5.32 Å². The van der Waals surface area contributed by atoms with E-state index >= 15 is 0 Å². The van der Waals surface area contributed by atoms with Gasteiger partial charge in [0.15, 0.2) is 0 Å². The Morgan fingerprint density at radius 3 is 2.73 bits per heavy atom. The molecule has 0 bridgehead atoms. The molecule has 0 fully saturated rings. The number of halogens is 1. The minimum absolute atomic E-state index is 0.342. The zero-order valence-electron chi connectivity index (χ0n) is 12.1. The van der Waals surface area contributed by atoms with E-state index in [0.29, 0.717) is 22.4 Å². The van der Waals surface area contributed by atoms with Gasteiger partial charge in [0, 0.05) is 11.1 Å². The Morgan fingerprint density at radius 1 is 1.23 bits per heavy atom. The lowest BCUT2D eigenvalue weighted by Gasteiger charge is -2.32. The number of cyclic esters (lactones) is 1. The molecule has 5 heteroatoms. The van der Waals surface area contributed by atoms with Crippen molar-refractivity contribution in [2.75, 3.05) is 5.32 Å². The number of hydrogen-bond acceptors (Lipinski definition) is 3. The van der Waals surface area contributed by atoms with Gasteiger partial charge < -0.3 is 4.74 Å². The molecule has 1 amide bonds. The van der Waals surface area contributed by atoms with Gasteiger partial charge in [-0.3, -0.25) is 5.32 Å². The number of rotatable bonds is 1. The average molecular weight is 296 g/mol. The monoisotopic (exact) mass is 296 g/mol. The van der Waals surface area contributed by atoms with Gasteiger partial charge in [-0.15, -0.1) is 0 Å². The molecule has 1 aliphatic rings. The summed E-state index contributed by atoms with van der Waals surface area (Å²) in [6, 6.07) is 11.4. The van der Waals surface area contributed by atoms with Crippen LogP contribution in [0.2, 0.25) is 0 Å². The van der Waals surface area contributed by atoms with Crippen molar-refractivity contribution in [1.29, 1.82) is 5.26 Å². The molecule has 0 spiro atoms. The number of fused-ring (bicyclic) bond motifs is 1. The highest BCUT2D eigenvalue weighted by atomic mass is 19.1. The quantitative estimate of drug-likeness (QED) is 0.859. The minimum atomic E-state index is -0.809. The molecule has 110 valence electrons. The first kappa shape index (κ1) is 14.1. The number of nitrogens with zero attached hydrogens (tertiary/aromatic N) is 1. The summed E-state index contributed by atoms with van der Waals surface area (Å²) < 4.78 is 19.3. The van der Waals surface area contributed by atoms with Gasteiger partial charge in [-0.1, -0.05) is 6.07 Å². The van der Waals surface area contributed by atoms with Crippen LogP contribution in [0.1, 0.15) is 25.0 Å². The molecule has 1 heterocycles. The highest BCUT2D eigenvalue weighted by Crippen LogP contribution is 2.38. The van der Waals surface area contributed by atoms with Gasteiger partial charge in [0.1, 0.15) is 11.4 Å². The van der Waals surface area contributed by atoms with Crippen LogP contribution >= 0.6 is 0 Å². The van der Waals surface area contributed by atoms with Crippen LogP contribution in [0.3, 0.4) is 0 Å². The van der Waals surface area contributed by atoms with Crippen LogP contribution in [-0.2, 0) is 10.3 Å². The van der Waals surface area contributed by atoms with Crippen molar-refractivity contribution in [3.05, 3.63) is 53.3 Å². The number of nitriles is 1. The lowest BCUT2D eigenvalue weighted by atomic mass is 9.91. The number of benzene rings is 2. The molecule has 0 saturated heterocycles. The SMILES string of the molecule is CC1(C)OC(=O)Nc2ccc(-c3cc(C#N)ccc3F)cc21. The van der Waals surface area contributed by atoms with Gasteiger partial charge in [-0.2, -0.15) is 5.26 Å². The second kappa shape index (κ2) is 4.85. The van der Waals surface area contributed by atoms with Crippen molar-refractivity contribution in [3.63, 3.8) is 0 Å². The largest absolute Gasteiger partial charge is 0.438 e. The molecule has 0 saturated carbocycles. The third-order valence-electron chi connectivity index (χ3n) is 3.66. The van der Waals surface area contributed by atoms with Gasteiger partial charge in [-0.05, 0) is 49.7 Å². The maximum atomic E-state index is 14.1. The Morgan fingerprint density at radius 2 is 2.00 bits per heavy atom. The molecule has 1 aliphatic heterocycles. The molecule has 0 aliphatic carbocycles. The van der Waals surface area contributed by atoms with E-state index in [1.165, 1.54) is 18.2 Å². The van der Waals surface area contributed by atoms with E-state index in [1.54, 1.807) is 32.0 Å². The average Bonchev–Trinajstić information content (AvgIpc) is 2.47. The number of carbonyl (C=O) groups is 1. The maximum Gasteiger partial charge on any atom is 0.412 e. The molecule has 3 rings (SSSR count). The van der Waals surface area contributed by atoms with Crippen LogP contribution in [-0.4, -0.2) is 6.09 Å². The molecule has 0 atom stereocenters. The lowest BCUT2D eigenvalue weighted by Crippen LogP contribution is -2.34. The van der Waals surface area contributed by atoms with E-state index in [0.717, 1.165) is 5.56 Å². The first-order chi connectivity index (χ1) is 10.4. The van der Waals surface area contributed by atoms with Gasteiger partial charge in [0.2, 0.25) is 0 Å². The van der Waals surface area contributed by atoms with Gasteiger partial charge in [-0.25, -0.2) is 9.18 Å². The van der Waals surface area contributed by atoms with Crippen molar-refractivity contribution in [1.82, 2.24) is 0 Å².